The number of aliphatic imine (C=N–C) groups is 1. The third kappa shape index (κ3) is 9.23. The van der Waals surface area contributed by atoms with Gasteiger partial charge in [0.2, 0.25) is 5.91 Å². The molecule has 1 unspecified atom stereocenters. The predicted molar refractivity (Wildman–Crippen MR) is 141 cm³/mol. The van der Waals surface area contributed by atoms with E-state index >= 15 is 0 Å². The maximum Gasteiger partial charge on any atom is 0.223 e. The molecule has 32 heavy (non-hydrogen) atoms. The van der Waals surface area contributed by atoms with Crippen molar-refractivity contribution in [1.29, 1.82) is 0 Å². The van der Waals surface area contributed by atoms with Gasteiger partial charge in [-0.2, -0.15) is 0 Å². The summed E-state index contributed by atoms with van der Waals surface area (Å²) in [5, 5.41) is 16.3. The van der Waals surface area contributed by atoms with Crippen molar-refractivity contribution in [2.45, 2.75) is 45.1 Å². The topological polar surface area (TPSA) is 80.2 Å². The van der Waals surface area contributed by atoms with Crippen LogP contribution in [-0.4, -0.2) is 85.2 Å². The van der Waals surface area contributed by atoms with Gasteiger partial charge in [0.05, 0.1) is 6.10 Å². The van der Waals surface area contributed by atoms with Crippen molar-refractivity contribution in [2.75, 3.05) is 52.4 Å². The Kier molecular flexibility index (Phi) is 12.3. The molecule has 180 valence electrons. The highest BCUT2D eigenvalue weighted by atomic mass is 127. The number of carbonyl (C=O) groups excluding carboxylic acids is 1. The van der Waals surface area contributed by atoms with E-state index in [9.17, 15) is 9.90 Å². The number of aliphatic hydroxyl groups is 1. The summed E-state index contributed by atoms with van der Waals surface area (Å²) in [6, 6.07) is 10.3. The van der Waals surface area contributed by atoms with Gasteiger partial charge in [-0.15, -0.1) is 24.0 Å². The van der Waals surface area contributed by atoms with Crippen LogP contribution >= 0.6 is 24.0 Å². The largest absolute Gasteiger partial charge is 0.393 e. The Balaban J connectivity index is 0.00000363. The fourth-order valence-corrected chi connectivity index (χ4v) is 4.32. The Hall–Kier alpha value is -1.39. The molecule has 0 radical (unpaired) electrons. The number of nitrogens with zero attached hydrogens (tertiary/aromatic N) is 3. The highest BCUT2D eigenvalue weighted by Crippen LogP contribution is 2.18. The van der Waals surface area contributed by atoms with Crippen LogP contribution in [0.2, 0.25) is 0 Å². The molecular weight excluding hydrogens is 517 g/mol. The SMILES string of the molecule is CCNC(=NCC1CC(=O)N(CCc2ccccc2)C1)NCCCN1CCC(O)CC1.I. The number of aliphatic hydroxyl groups excluding tert-OH is 1. The third-order valence-electron chi connectivity index (χ3n) is 6.16. The van der Waals surface area contributed by atoms with Crippen LogP contribution in [0.25, 0.3) is 0 Å². The average Bonchev–Trinajstić information content (AvgIpc) is 3.15. The van der Waals surface area contributed by atoms with Crippen molar-refractivity contribution < 1.29 is 9.90 Å². The number of rotatable bonds is 10. The minimum absolute atomic E-state index is 0. The number of benzene rings is 1. The summed E-state index contributed by atoms with van der Waals surface area (Å²) in [4.78, 5) is 21.5. The van der Waals surface area contributed by atoms with Gasteiger partial charge in [-0.05, 0) is 44.7 Å². The molecule has 1 aromatic rings. The summed E-state index contributed by atoms with van der Waals surface area (Å²) in [6.45, 7) is 9.06. The Bertz CT molecular complexity index is 695. The summed E-state index contributed by atoms with van der Waals surface area (Å²) in [6.07, 6.45) is 4.22. The minimum Gasteiger partial charge on any atom is -0.393 e. The van der Waals surface area contributed by atoms with Gasteiger partial charge in [-0.1, -0.05) is 30.3 Å². The molecular formula is C24H40IN5O2. The van der Waals surface area contributed by atoms with Gasteiger partial charge >= 0.3 is 0 Å². The molecule has 2 fully saturated rings. The number of nitrogens with one attached hydrogen (secondary N) is 2. The molecule has 1 amide bonds. The highest BCUT2D eigenvalue weighted by Gasteiger charge is 2.29. The summed E-state index contributed by atoms with van der Waals surface area (Å²) in [7, 11) is 0. The second kappa shape index (κ2) is 14.7. The van der Waals surface area contributed by atoms with Crippen LogP contribution in [0.1, 0.15) is 38.2 Å². The lowest BCUT2D eigenvalue weighted by Crippen LogP contribution is -2.40. The smallest absolute Gasteiger partial charge is 0.223 e. The molecule has 1 atom stereocenters. The summed E-state index contributed by atoms with van der Waals surface area (Å²) >= 11 is 0. The number of carbonyl (C=O) groups is 1. The first kappa shape index (κ1) is 26.9. The highest BCUT2D eigenvalue weighted by molar-refractivity contribution is 14.0. The zero-order valence-electron chi connectivity index (χ0n) is 19.3. The molecule has 0 saturated carbocycles. The maximum atomic E-state index is 12.4. The van der Waals surface area contributed by atoms with Crippen LogP contribution in [0.15, 0.2) is 35.3 Å². The Labute approximate surface area is 210 Å². The van der Waals surface area contributed by atoms with E-state index in [1.807, 2.05) is 23.1 Å². The second-order valence-electron chi connectivity index (χ2n) is 8.72. The normalized spacial score (nSPS) is 20.3. The summed E-state index contributed by atoms with van der Waals surface area (Å²) in [5.74, 6) is 1.38. The molecule has 1 aromatic carbocycles. The van der Waals surface area contributed by atoms with E-state index in [0.29, 0.717) is 18.9 Å². The standard InChI is InChI=1S/C24H39N5O2.HI/c1-2-25-24(26-12-6-13-28-14-10-22(30)11-15-28)27-18-21-17-23(31)29(19-21)16-9-20-7-4-3-5-8-20;/h3-5,7-8,21-22,30H,2,6,9-19H2,1H3,(H2,25,26,27);1H. The van der Waals surface area contributed by atoms with Crippen LogP contribution in [0.3, 0.4) is 0 Å². The molecule has 0 aliphatic carbocycles. The van der Waals surface area contributed by atoms with E-state index in [1.54, 1.807) is 0 Å². The number of hydrogen-bond donors (Lipinski definition) is 3. The summed E-state index contributed by atoms with van der Waals surface area (Å²) in [5.41, 5.74) is 1.27. The lowest BCUT2D eigenvalue weighted by molar-refractivity contribution is -0.127. The fraction of sp³-hybridized carbons (Fsp3) is 0.667. The molecule has 7 nitrogen and oxygen atoms in total. The van der Waals surface area contributed by atoms with Crippen molar-refractivity contribution in [2.24, 2.45) is 10.9 Å². The van der Waals surface area contributed by atoms with Gasteiger partial charge < -0.3 is 25.5 Å². The first-order valence-corrected chi connectivity index (χ1v) is 11.9. The van der Waals surface area contributed by atoms with Gasteiger partial charge in [-0.3, -0.25) is 9.79 Å². The molecule has 2 heterocycles. The molecule has 0 bridgehead atoms. The molecule has 0 spiro atoms. The number of likely N-dealkylation sites (tertiary alicyclic amines) is 2. The van der Waals surface area contributed by atoms with E-state index in [2.05, 4.69) is 34.6 Å². The number of halogens is 1. The maximum absolute atomic E-state index is 12.4. The molecule has 0 aromatic heterocycles. The van der Waals surface area contributed by atoms with Gasteiger partial charge in [-0.25, -0.2) is 0 Å². The van der Waals surface area contributed by atoms with Crippen LogP contribution in [0.4, 0.5) is 0 Å². The van der Waals surface area contributed by atoms with Gasteiger partial charge in [0.1, 0.15) is 0 Å². The van der Waals surface area contributed by atoms with E-state index < -0.39 is 0 Å². The number of hydrogen-bond acceptors (Lipinski definition) is 4. The lowest BCUT2D eigenvalue weighted by atomic mass is 10.1. The van der Waals surface area contributed by atoms with E-state index in [4.69, 9.17) is 4.99 Å². The van der Waals surface area contributed by atoms with Gasteiger partial charge in [0.25, 0.3) is 0 Å². The number of amides is 1. The molecule has 3 rings (SSSR count). The van der Waals surface area contributed by atoms with E-state index in [0.717, 1.165) is 77.5 Å². The quantitative estimate of drug-likeness (QED) is 0.178. The summed E-state index contributed by atoms with van der Waals surface area (Å²) < 4.78 is 0. The third-order valence-corrected chi connectivity index (χ3v) is 6.16. The van der Waals surface area contributed by atoms with Gasteiger partial charge in [0.15, 0.2) is 5.96 Å². The van der Waals surface area contributed by atoms with Crippen LogP contribution < -0.4 is 10.6 Å². The van der Waals surface area contributed by atoms with Crippen molar-refractivity contribution in [3.8, 4) is 0 Å². The first-order valence-electron chi connectivity index (χ1n) is 11.9. The molecule has 2 aliphatic rings. The number of guanidine groups is 1. The zero-order valence-corrected chi connectivity index (χ0v) is 21.7. The van der Waals surface area contributed by atoms with E-state index in [1.165, 1.54) is 5.56 Å². The monoisotopic (exact) mass is 557 g/mol. The Morgan fingerprint density at radius 1 is 1.16 bits per heavy atom. The molecule has 2 saturated heterocycles. The van der Waals surface area contributed by atoms with E-state index in [-0.39, 0.29) is 36.0 Å². The average molecular weight is 558 g/mol. The van der Waals surface area contributed by atoms with Crippen molar-refractivity contribution in [1.82, 2.24) is 20.4 Å². The van der Waals surface area contributed by atoms with Crippen molar-refractivity contribution >= 4 is 35.8 Å². The predicted octanol–water partition coefficient (Wildman–Crippen LogP) is 2.10. The number of piperidine rings is 1. The Morgan fingerprint density at radius 3 is 2.62 bits per heavy atom. The van der Waals surface area contributed by atoms with Crippen molar-refractivity contribution in [3.63, 3.8) is 0 Å². The first-order chi connectivity index (χ1) is 15.1. The molecule has 2 aliphatic heterocycles. The van der Waals surface area contributed by atoms with Gasteiger partial charge in [0, 0.05) is 58.2 Å². The minimum atomic E-state index is -0.112. The fourth-order valence-electron chi connectivity index (χ4n) is 4.32. The van der Waals surface area contributed by atoms with Crippen LogP contribution in [0, 0.1) is 5.92 Å². The zero-order chi connectivity index (χ0) is 21.9. The van der Waals surface area contributed by atoms with Crippen LogP contribution in [0.5, 0.6) is 0 Å². The lowest BCUT2D eigenvalue weighted by Gasteiger charge is -2.29. The van der Waals surface area contributed by atoms with Crippen LogP contribution in [-0.2, 0) is 11.2 Å². The molecule has 8 heteroatoms. The molecule has 3 N–H and O–H groups in total. The Morgan fingerprint density at radius 2 is 1.91 bits per heavy atom. The van der Waals surface area contributed by atoms with Crippen molar-refractivity contribution in [3.05, 3.63) is 35.9 Å². The second-order valence-corrected chi connectivity index (χ2v) is 8.72.